The van der Waals surface area contributed by atoms with E-state index in [2.05, 4.69) is 55.9 Å². The Morgan fingerprint density at radius 1 is 0.788 bits per heavy atom. The number of alkyl carbamates (subject to hydrolysis) is 1. The number of nitrogens with one attached hydrogen (secondary N) is 4. The van der Waals surface area contributed by atoms with Crippen LogP contribution >= 0.6 is 0 Å². The smallest absolute Gasteiger partial charge is 0.407 e. The van der Waals surface area contributed by atoms with Crippen LogP contribution in [0.25, 0.3) is 44.4 Å². The number of fused-ring (bicyclic) bond motifs is 1. The first-order valence-corrected chi connectivity index (χ1v) is 22.2. The molecule has 3 fully saturated rings. The average Bonchev–Trinajstić information content (AvgIpc) is 4.19. The Kier molecular flexibility index (Phi) is 12.9. The van der Waals surface area contributed by atoms with Crippen molar-refractivity contribution in [1.82, 2.24) is 40.4 Å². The van der Waals surface area contributed by atoms with Gasteiger partial charge >= 0.3 is 6.09 Å². The van der Waals surface area contributed by atoms with Gasteiger partial charge in [-0.05, 0) is 76.8 Å². The Hall–Kier alpha value is -6.53. The highest BCUT2D eigenvalue weighted by molar-refractivity contribution is 5.91. The van der Waals surface area contributed by atoms with Crippen LogP contribution in [-0.4, -0.2) is 112 Å². The molecule has 17 heteroatoms. The summed E-state index contributed by atoms with van der Waals surface area (Å²) in [5, 5.41) is 17.8. The second kappa shape index (κ2) is 19.1. The molecule has 0 radical (unpaired) electrons. The Morgan fingerprint density at radius 3 is 2.09 bits per heavy atom. The van der Waals surface area contributed by atoms with Crippen molar-refractivity contribution in [1.29, 1.82) is 0 Å². The summed E-state index contributed by atoms with van der Waals surface area (Å²) in [4.78, 5) is 59.0. The zero-order chi connectivity index (χ0) is 46.0. The molecule has 5 heterocycles. The molecule has 0 aliphatic carbocycles. The summed E-state index contributed by atoms with van der Waals surface area (Å²) in [5.41, 5.74) is 5.89. The van der Waals surface area contributed by atoms with Crippen LogP contribution in [-0.2, 0) is 23.8 Å². The number of hydrogen-bond acceptors (Lipinski definition) is 10. The van der Waals surface area contributed by atoms with Crippen molar-refractivity contribution in [3.8, 4) is 33.6 Å². The molecule has 3 amide bonds. The number of likely N-dealkylation sites (tertiary alicyclic amines) is 2. The number of aliphatic hydroxyl groups excluding tert-OH is 1. The summed E-state index contributed by atoms with van der Waals surface area (Å²) in [6, 6.07) is 26.4. The van der Waals surface area contributed by atoms with Gasteiger partial charge < -0.3 is 44.4 Å². The Bertz CT molecular complexity index is 2670. The van der Waals surface area contributed by atoms with Crippen LogP contribution in [0, 0.1) is 5.92 Å². The van der Waals surface area contributed by atoms with Crippen molar-refractivity contribution in [3.05, 3.63) is 121 Å². The maximum absolute atomic E-state index is 15.0. The molecular weight excluding hydrogens is 851 g/mol. The molecule has 15 nitrogen and oxygen atoms in total. The molecule has 6 aromatic rings. The van der Waals surface area contributed by atoms with E-state index < -0.39 is 55.4 Å². The molecule has 3 aliphatic heterocycles. The third-order valence-corrected chi connectivity index (χ3v) is 13.0. The van der Waals surface area contributed by atoms with Crippen LogP contribution in [0.4, 0.5) is 13.6 Å². The van der Waals surface area contributed by atoms with Crippen molar-refractivity contribution >= 4 is 28.7 Å². The molecule has 0 saturated carbocycles. The molecule has 2 aromatic heterocycles. The number of benzene rings is 4. The lowest BCUT2D eigenvalue weighted by molar-refractivity contribution is -0.143. The van der Waals surface area contributed by atoms with Gasteiger partial charge in [0.05, 0.1) is 49.5 Å². The number of hydrogen-bond donors (Lipinski definition) is 5. The minimum Gasteiger partial charge on any atom is -0.453 e. The van der Waals surface area contributed by atoms with E-state index >= 15 is 8.78 Å². The first-order valence-electron chi connectivity index (χ1n) is 22.2. The number of halogens is 2. The number of aromatic amines is 2. The van der Waals surface area contributed by atoms with Crippen molar-refractivity contribution in [2.75, 3.05) is 40.5 Å². The summed E-state index contributed by atoms with van der Waals surface area (Å²) in [7, 11) is 2.56. The number of aromatic nitrogens is 4. The first kappa shape index (κ1) is 44.7. The normalized spacial score (nSPS) is 20.0. The number of carbonyl (C=O) groups excluding carboxylic acids is 3. The number of ether oxygens (including phenoxy) is 3. The number of methoxy groups -OCH3 is 2. The molecular formula is C49H52F2N8O7. The van der Waals surface area contributed by atoms with Crippen LogP contribution in [0.2, 0.25) is 0 Å². The SMILES string of the molecule is COC(=O)N[C@H](C(=O)N1CC(F)(F)C[C@H]1c1ncc(-c2ccc(-c3ccc4cc(-c5cnc([C@@H]6CCCN6C(=O)[C@H](NC(O)OC)c6ccccc6)[nH]5)ccc4c3)cc2)[nH]1)C1CCOCC1. The van der Waals surface area contributed by atoms with Gasteiger partial charge in [-0.25, -0.2) is 23.5 Å². The van der Waals surface area contributed by atoms with Crippen LogP contribution in [0.5, 0.6) is 0 Å². The highest BCUT2D eigenvalue weighted by Crippen LogP contribution is 2.42. The van der Waals surface area contributed by atoms with E-state index in [1.165, 1.54) is 14.2 Å². The number of alkyl halides is 2. The number of carbonyl (C=O) groups is 3. The lowest BCUT2D eigenvalue weighted by atomic mass is 9.90. The summed E-state index contributed by atoms with van der Waals surface area (Å²) in [5.74, 6) is -3.28. The van der Waals surface area contributed by atoms with E-state index in [4.69, 9.17) is 19.2 Å². The number of H-pyrrole nitrogens is 2. The monoisotopic (exact) mass is 902 g/mol. The topological polar surface area (TPSA) is 187 Å². The fourth-order valence-electron chi connectivity index (χ4n) is 9.47. The van der Waals surface area contributed by atoms with Gasteiger partial charge in [0.25, 0.3) is 5.92 Å². The second-order valence-corrected chi connectivity index (χ2v) is 17.1. The fraction of sp³-hybridized carbons (Fsp3) is 0.367. The Morgan fingerprint density at radius 2 is 1.41 bits per heavy atom. The van der Waals surface area contributed by atoms with Gasteiger partial charge in [0.1, 0.15) is 23.7 Å². The first-order chi connectivity index (χ1) is 32.0. The van der Waals surface area contributed by atoms with Crippen molar-refractivity contribution in [2.45, 2.75) is 68.6 Å². The van der Waals surface area contributed by atoms with Gasteiger partial charge in [-0.1, -0.05) is 78.9 Å². The molecule has 0 bridgehead atoms. The predicted molar refractivity (Wildman–Crippen MR) is 240 cm³/mol. The lowest BCUT2D eigenvalue weighted by Crippen LogP contribution is -2.53. The minimum absolute atomic E-state index is 0.174. The van der Waals surface area contributed by atoms with Gasteiger partial charge in [-0.2, -0.15) is 0 Å². The van der Waals surface area contributed by atoms with Crippen LogP contribution in [0.15, 0.2) is 103 Å². The third-order valence-electron chi connectivity index (χ3n) is 13.0. The molecule has 66 heavy (non-hydrogen) atoms. The fourth-order valence-corrected chi connectivity index (χ4v) is 9.47. The number of nitrogens with zero attached hydrogens (tertiary/aromatic N) is 4. The van der Waals surface area contributed by atoms with E-state index in [1.54, 1.807) is 12.4 Å². The van der Waals surface area contributed by atoms with Crippen LogP contribution < -0.4 is 10.6 Å². The van der Waals surface area contributed by atoms with Gasteiger partial charge in [-0.15, -0.1) is 0 Å². The Labute approximate surface area is 379 Å². The standard InChI is InChI=1S/C49H52F2N8O7/c1-64-47(62)56-41(31-7-4-3-5-8-31)45(60)58-20-6-9-39(58)43-52-27-38(55-43)36-17-16-34-23-33(14-15-35(34)24-36)29-10-12-30(13-11-29)37-26-53-44(54-37)40-25-49(50,51)28-59(40)46(61)42(57-48(63)65-2)32-18-21-66-22-19-32/h3-5,7-8,10-17,23-24,26-27,32,39-42,47,56,62H,6,9,18-22,25,28H2,1-2H3,(H,52,55)(H,53,54)(H,57,63)/t39-,40-,41+,42-,47?/m0/s1. The molecule has 0 spiro atoms. The summed E-state index contributed by atoms with van der Waals surface area (Å²) >= 11 is 0. The van der Waals surface area contributed by atoms with Gasteiger partial charge in [0.15, 0.2) is 0 Å². The van der Waals surface area contributed by atoms with Gasteiger partial charge in [0, 0.05) is 38.9 Å². The molecule has 3 saturated heterocycles. The quantitative estimate of drug-likeness (QED) is 0.0739. The number of imidazole rings is 2. The number of aliphatic hydroxyl groups is 1. The number of rotatable bonds is 13. The second-order valence-electron chi connectivity index (χ2n) is 17.1. The van der Waals surface area contributed by atoms with Crippen molar-refractivity contribution in [3.63, 3.8) is 0 Å². The zero-order valence-electron chi connectivity index (χ0n) is 36.6. The molecule has 3 aliphatic rings. The Balaban J connectivity index is 0.881. The largest absolute Gasteiger partial charge is 0.453 e. The van der Waals surface area contributed by atoms with Gasteiger partial charge in [-0.3, -0.25) is 14.9 Å². The summed E-state index contributed by atoms with van der Waals surface area (Å²) in [6.45, 7) is 0.574. The van der Waals surface area contributed by atoms with Crippen molar-refractivity contribution in [2.24, 2.45) is 5.92 Å². The highest BCUT2D eigenvalue weighted by atomic mass is 19.3. The maximum atomic E-state index is 15.0. The van der Waals surface area contributed by atoms with Gasteiger partial charge in [0.2, 0.25) is 18.2 Å². The van der Waals surface area contributed by atoms with Crippen LogP contribution in [0.1, 0.15) is 67.4 Å². The summed E-state index contributed by atoms with van der Waals surface area (Å²) in [6.07, 6.45) is 3.21. The molecule has 1 unspecified atom stereocenters. The zero-order valence-corrected chi connectivity index (χ0v) is 36.6. The van der Waals surface area contributed by atoms with Crippen LogP contribution in [0.3, 0.4) is 0 Å². The number of amides is 3. The van der Waals surface area contributed by atoms with E-state index in [1.807, 2.05) is 65.6 Å². The van der Waals surface area contributed by atoms with E-state index in [-0.39, 0.29) is 23.7 Å². The lowest BCUT2D eigenvalue weighted by Gasteiger charge is -2.33. The molecule has 9 rings (SSSR count). The minimum atomic E-state index is -3.14. The molecule has 4 aromatic carbocycles. The van der Waals surface area contributed by atoms with E-state index in [0.717, 1.165) is 62.0 Å². The third kappa shape index (κ3) is 9.42. The maximum Gasteiger partial charge on any atom is 0.407 e. The predicted octanol–water partition coefficient (Wildman–Crippen LogP) is 7.26. The molecule has 344 valence electrons. The summed E-state index contributed by atoms with van der Waals surface area (Å²) < 4.78 is 45.3. The molecule has 5 N–H and O–H groups in total. The highest BCUT2D eigenvalue weighted by Gasteiger charge is 2.51. The van der Waals surface area contributed by atoms with E-state index in [9.17, 15) is 19.5 Å². The van der Waals surface area contributed by atoms with E-state index in [0.29, 0.717) is 44.1 Å². The molecule has 5 atom stereocenters. The van der Waals surface area contributed by atoms with Crippen molar-refractivity contribution < 1.29 is 42.5 Å². The average molecular weight is 903 g/mol.